The van der Waals surface area contributed by atoms with Crippen LogP contribution >= 0.6 is 35.0 Å². The van der Waals surface area contributed by atoms with Gasteiger partial charge in [0.15, 0.2) is 16.7 Å². The lowest BCUT2D eigenvalue weighted by Gasteiger charge is -2.15. The van der Waals surface area contributed by atoms with Crippen molar-refractivity contribution in [1.29, 1.82) is 0 Å². The van der Waals surface area contributed by atoms with E-state index in [1.807, 2.05) is 12.1 Å². The van der Waals surface area contributed by atoms with E-state index in [0.717, 1.165) is 5.56 Å². The van der Waals surface area contributed by atoms with E-state index in [9.17, 15) is 4.79 Å². The number of nitrogens with zero attached hydrogens (tertiary/aromatic N) is 2. The normalized spacial score (nSPS) is 15.7. The van der Waals surface area contributed by atoms with E-state index in [-0.39, 0.29) is 5.91 Å². The molecule has 1 aliphatic rings. The number of ether oxygens (including phenoxy) is 2. The third-order valence-electron chi connectivity index (χ3n) is 4.78. The molecule has 3 aromatic carbocycles. The van der Waals surface area contributed by atoms with Crippen LogP contribution in [0.2, 0.25) is 10.0 Å². The average Bonchev–Trinajstić information content (AvgIpc) is 3.14. The Morgan fingerprint density at radius 1 is 1.00 bits per heavy atom. The van der Waals surface area contributed by atoms with Crippen LogP contribution in [-0.4, -0.2) is 24.8 Å². The van der Waals surface area contributed by atoms with Crippen molar-refractivity contribution in [2.75, 3.05) is 18.6 Å². The van der Waals surface area contributed by atoms with Crippen LogP contribution in [-0.2, 0) is 4.79 Å². The lowest BCUT2D eigenvalue weighted by Crippen LogP contribution is -2.28. The van der Waals surface area contributed by atoms with Gasteiger partial charge < -0.3 is 9.47 Å². The van der Waals surface area contributed by atoms with Crippen LogP contribution in [0.15, 0.2) is 89.3 Å². The molecule has 1 aliphatic heterocycles. The molecule has 1 heterocycles. The molecule has 34 heavy (non-hydrogen) atoms. The minimum absolute atomic E-state index is 0.189. The standard InChI is InChI=1S/C26H20Cl2N2O3S/c1-3-14-33-22-13-4-17(15-23(22)32-2)16-24-25(31)30(21-11-7-19(28)8-12-21)26(34-24)29-20-9-5-18(27)6-10-20/h3-13,15-16H,1,14H2,2H3/b24-16-,29-26?. The number of thioether (sulfide) groups is 1. The highest BCUT2D eigenvalue weighted by atomic mass is 35.5. The van der Waals surface area contributed by atoms with Gasteiger partial charge in [0, 0.05) is 10.0 Å². The Hall–Kier alpha value is -3.19. The van der Waals surface area contributed by atoms with E-state index in [4.69, 9.17) is 37.7 Å². The van der Waals surface area contributed by atoms with Crippen molar-refractivity contribution >= 4 is 63.5 Å². The number of carbonyl (C=O) groups excluding carboxylic acids is 1. The average molecular weight is 511 g/mol. The van der Waals surface area contributed by atoms with Crippen molar-refractivity contribution in [2.24, 2.45) is 4.99 Å². The zero-order valence-corrected chi connectivity index (χ0v) is 20.5. The fraction of sp³-hybridized carbons (Fsp3) is 0.0769. The van der Waals surface area contributed by atoms with Gasteiger partial charge in [0.25, 0.3) is 5.91 Å². The number of amidine groups is 1. The van der Waals surface area contributed by atoms with Crippen LogP contribution in [0.5, 0.6) is 11.5 Å². The summed E-state index contributed by atoms with van der Waals surface area (Å²) in [4.78, 5) is 20.2. The molecular formula is C26H20Cl2N2O3S. The number of aliphatic imine (C=N–C) groups is 1. The molecule has 3 aromatic rings. The Kier molecular flexibility index (Phi) is 7.63. The van der Waals surface area contributed by atoms with Crippen molar-refractivity contribution < 1.29 is 14.3 Å². The van der Waals surface area contributed by atoms with E-state index in [1.165, 1.54) is 11.8 Å². The fourth-order valence-corrected chi connectivity index (χ4v) is 4.44. The molecule has 0 N–H and O–H groups in total. The summed E-state index contributed by atoms with van der Waals surface area (Å²) in [5.74, 6) is 0.977. The van der Waals surface area contributed by atoms with Crippen LogP contribution in [0.25, 0.3) is 6.08 Å². The van der Waals surface area contributed by atoms with Gasteiger partial charge in [-0.2, -0.15) is 0 Å². The largest absolute Gasteiger partial charge is 0.493 e. The maximum absolute atomic E-state index is 13.4. The monoisotopic (exact) mass is 510 g/mol. The highest BCUT2D eigenvalue weighted by Gasteiger charge is 2.34. The Bertz CT molecular complexity index is 1270. The van der Waals surface area contributed by atoms with Crippen molar-refractivity contribution in [2.45, 2.75) is 0 Å². The Balaban J connectivity index is 1.72. The Morgan fingerprint density at radius 2 is 1.68 bits per heavy atom. The topological polar surface area (TPSA) is 51.1 Å². The summed E-state index contributed by atoms with van der Waals surface area (Å²) in [5, 5.41) is 1.73. The van der Waals surface area contributed by atoms with Gasteiger partial charge in [-0.3, -0.25) is 9.69 Å². The minimum atomic E-state index is -0.189. The van der Waals surface area contributed by atoms with Gasteiger partial charge in [-0.25, -0.2) is 4.99 Å². The first-order valence-electron chi connectivity index (χ1n) is 10.2. The van der Waals surface area contributed by atoms with Crippen molar-refractivity contribution in [3.8, 4) is 11.5 Å². The van der Waals surface area contributed by atoms with Gasteiger partial charge in [0.2, 0.25) is 0 Å². The van der Waals surface area contributed by atoms with Crippen LogP contribution in [0.1, 0.15) is 5.56 Å². The highest BCUT2D eigenvalue weighted by molar-refractivity contribution is 8.19. The van der Waals surface area contributed by atoms with E-state index in [1.54, 1.807) is 78.8 Å². The van der Waals surface area contributed by atoms with Crippen LogP contribution in [0.4, 0.5) is 11.4 Å². The molecule has 0 unspecified atom stereocenters. The zero-order chi connectivity index (χ0) is 24.1. The van der Waals surface area contributed by atoms with Gasteiger partial charge >= 0.3 is 0 Å². The van der Waals surface area contributed by atoms with Crippen LogP contribution in [0.3, 0.4) is 0 Å². The number of hydrogen-bond donors (Lipinski definition) is 0. The zero-order valence-electron chi connectivity index (χ0n) is 18.2. The summed E-state index contributed by atoms with van der Waals surface area (Å²) < 4.78 is 11.1. The molecule has 0 atom stereocenters. The van der Waals surface area contributed by atoms with Gasteiger partial charge in [-0.15, -0.1) is 0 Å². The summed E-state index contributed by atoms with van der Waals surface area (Å²) >= 11 is 13.3. The molecule has 4 rings (SSSR count). The molecule has 172 valence electrons. The lowest BCUT2D eigenvalue weighted by atomic mass is 10.2. The summed E-state index contributed by atoms with van der Waals surface area (Å²) in [6.45, 7) is 4.03. The quantitative estimate of drug-likeness (QED) is 0.245. The number of benzene rings is 3. The van der Waals surface area contributed by atoms with E-state index in [0.29, 0.717) is 49.6 Å². The number of anilines is 1. The predicted molar refractivity (Wildman–Crippen MR) is 142 cm³/mol. The molecule has 0 aliphatic carbocycles. The van der Waals surface area contributed by atoms with Gasteiger partial charge in [0.1, 0.15) is 6.61 Å². The second-order valence-corrected chi connectivity index (χ2v) is 8.99. The third-order valence-corrected chi connectivity index (χ3v) is 6.26. The van der Waals surface area contributed by atoms with Crippen molar-refractivity contribution in [3.63, 3.8) is 0 Å². The number of amides is 1. The summed E-state index contributed by atoms with van der Waals surface area (Å²) in [7, 11) is 1.57. The van der Waals surface area contributed by atoms with Crippen molar-refractivity contribution in [3.05, 3.63) is 99.9 Å². The number of carbonyl (C=O) groups is 1. The summed E-state index contributed by atoms with van der Waals surface area (Å²) in [5.41, 5.74) is 2.15. The Labute approximate surface area is 212 Å². The first-order chi connectivity index (χ1) is 16.5. The van der Waals surface area contributed by atoms with Crippen LogP contribution in [0, 0.1) is 0 Å². The third kappa shape index (κ3) is 5.47. The fourth-order valence-electron chi connectivity index (χ4n) is 3.19. The second kappa shape index (κ2) is 10.8. The number of methoxy groups -OCH3 is 1. The molecule has 1 amide bonds. The number of rotatable bonds is 7. The number of hydrogen-bond acceptors (Lipinski definition) is 5. The molecule has 1 saturated heterocycles. The smallest absolute Gasteiger partial charge is 0.271 e. The van der Waals surface area contributed by atoms with E-state index < -0.39 is 0 Å². The lowest BCUT2D eigenvalue weighted by molar-refractivity contribution is -0.113. The number of halogens is 2. The molecule has 1 fully saturated rings. The SMILES string of the molecule is C=CCOc1ccc(/C=C2\SC(=Nc3ccc(Cl)cc3)N(c3ccc(Cl)cc3)C2=O)cc1OC. The molecule has 5 nitrogen and oxygen atoms in total. The van der Waals surface area contributed by atoms with Crippen molar-refractivity contribution in [1.82, 2.24) is 0 Å². The summed E-state index contributed by atoms with van der Waals surface area (Å²) in [6, 6.07) is 19.7. The first-order valence-corrected chi connectivity index (χ1v) is 11.8. The molecule has 0 bridgehead atoms. The molecule has 0 radical (unpaired) electrons. The van der Waals surface area contributed by atoms with Gasteiger partial charge in [0.05, 0.1) is 23.4 Å². The molecule has 0 saturated carbocycles. The molecule has 8 heteroatoms. The van der Waals surface area contributed by atoms with Gasteiger partial charge in [-0.05, 0) is 84.1 Å². The summed E-state index contributed by atoms with van der Waals surface area (Å²) in [6.07, 6.45) is 3.47. The maximum atomic E-state index is 13.4. The second-order valence-electron chi connectivity index (χ2n) is 7.11. The first kappa shape index (κ1) is 24.0. The minimum Gasteiger partial charge on any atom is -0.493 e. The van der Waals surface area contributed by atoms with Crippen LogP contribution < -0.4 is 14.4 Å². The molecule has 0 spiro atoms. The highest BCUT2D eigenvalue weighted by Crippen LogP contribution is 2.38. The molecular weight excluding hydrogens is 491 g/mol. The predicted octanol–water partition coefficient (Wildman–Crippen LogP) is 7.38. The Morgan fingerprint density at radius 3 is 2.32 bits per heavy atom. The maximum Gasteiger partial charge on any atom is 0.271 e. The van der Waals surface area contributed by atoms with E-state index in [2.05, 4.69) is 6.58 Å². The van der Waals surface area contributed by atoms with E-state index >= 15 is 0 Å². The van der Waals surface area contributed by atoms with Gasteiger partial charge in [-0.1, -0.05) is 41.9 Å². The molecule has 0 aromatic heterocycles.